The highest BCUT2D eigenvalue weighted by Gasteiger charge is 2.40. The van der Waals surface area contributed by atoms with E-state index in [0.29, 0.717) is 7.14 Å². The van der Waals surface area contributed by atoms with Gasteiger partial charge in [0.25, 0.3) is 0 Å². The summed E-state index contributed by atoms with van der Waals surface area (Å²) in [5.74, 6) is -8.16. The SMILES string of the molecule is O=C(OCC(F)(F)C(=O)O)c1ccc(I)c(I)c1O. The molecule has 9 heteroatoms. The number of phenolic OH excluding ortho intramolecular Hbond substituents is 1. The number of benzene rings is 1. The molecule has 104 valence electrons. The van der Waals surface area contributed by atoms with Gasteiger partial charge in [0.2, 0.25) is 0 Å². The Hall–Kier alpha value is -0.720. The van der Waals surface area contributed by atoms with Gasteiger partial charge in [0.15, 0.2) is 6.61 Å². The van der Waals surface area contributed by atoms with Crippen LogP contribution in [0.25, 0.3) is 0 Å². The Balaban J connectivity index is 2.86. The fourth-order valence-corrected chi connectivity index (χ4v) is 1.91. The molecule has 0 fully saturated rings. The summed E-state index contributed by atoms with van der Waals surface area (Å²) >= 11 is 3.69. The van der Waals surface area contributed by atoms with Crippen molar-refractivity contribution in [2.24, 2.45) is 0 Å². The van der Waals surface area contributed by atoms with Gasteiger partial charge in [-0.15, -0.1) is 0 Å². The minimum atomic E-state index is -4.17. The molecule has 0 unspecified atom stereocenters. The van der Waals surface area contributed by atoms with Crippen molar-refractivity contribution in [3.63, 3.8) is 0 Å². The minimum Gasteiger partial charge on any atom is -0.506 e. The van der Waals surface area contributed by atoms with Crippen LogP contribution >= 0.6 is 45.2 Å². The lowest BCUT2D eigenvalue weighted by atomic mass is 10.2. The van der Waals surface area contributed by atoms with Crippen molar-refractivity contribution in [3.8, 4) is 5.75 Å². The van der Waals surface area contributed by atoms with E-state index in [1.54, 1.807) is 22.6 Å². The molecule has 0 bridgehead atoms. The molecule has 0 amide bonds. The Bertz CT molecular complexity index is 533. The van der Waals surface area contributed by atoms with Crippen LogP contribution in [0.4, 0.5) is 8.78 Å². The van der Waals surface area contributed by atoms with Gasteiger partial charge in [-0.05, 0) is 57.3 Å². The monoisotopic (exact) mass is 498 g/mol. The maximum absolute atomic E-state index is 12.7. The smallest absolute Gasteiger partial charge is 0.378 e. The molecule has 0 saturated carbocycles. The molecule has 0 aliphatic heterocycles. The standard InChI is InChI=1S/C10H6F2I2O5/c11-10(12,9(17)18)3-19-8(16)4-1-2-5(13)6(14)7(4)15/h1-2,15H,3H2,(H,17,18). The summed E-state index contributed by atoms with van der Waals surface area (Å²) in [7, 11) is 0. The van der Waals surface area contributed by atoms with Gasteiger partial charge in [0.05, 0.1) is 3.57 Å². The van der Waals surface area contributed by atoms with Gasteiger partial charge < -0.3 is 14.9 Å². The van der Waals surface area contributed by atoms with Crippen LogP contribution in [-0.4, -0.2) is 34.7 Å². The van der Waals surface area contributed by atoms with E-state index in [4.69, 9.17) is 5.11 Å². The zero-order valence-electron chi connectivity index (χ0n) is 8.99. The number of carboxylic acid groups (broad SMARTS) is 1. The zero-order valence-corrected chi connectivity index (χ0v) is 13.3. The van der Waals surface area contributed by atoms with Crippen molar-refractivity contribution in [1.29, 1.82) is 0 Å². The number of halogens is 4. The highest BCUT2D eigenvalue weighted by molar-refractivity contribution is 14.1. The number of ether oxygens (including phenoxy) is 1. The summed E-state index contributed by atoms with van der Waals surface area (Å²) in [5.41, 5.74) is -0.300. The van der Waals surface area contributed by atoms with Gasteiger partial charge in [-0.3, -0.25) is 0 Å². The number of carbonyl (C=O) groups is 2. The third-order valence-corrected chi connectivity index (χ3v) is 5.01. The second kappa shape index (κ2) is 6.15. The molecule has 0 radical (unpaired) electrons. The minimum absolute atomic E-state index is 0.300. The number of alkyl halides is 2. The van der Waals surface area contributed by atoms with Crippen LogP contribution in [-0.2, 0) is 9.53 Å². The highest BCUT2D eigenvalue weighted by Crippen LogP contribution is 2.29. The van der Waals surface area contributed by atoms with Crippen LogP contribution < -0.4 is 0 Å². The van der Waals surface area contributed by atoms with Gasteiger partial charge in [-0.25, -0.2) is 9.59 Å². The topological polar surface area (TPSA) is 83.8 Å². The average Bonchev–Trinajstić information content (AvgIpc) is 2.33. The number of hydrogen-bond acceptors (Lipinski definition) is 4. The Kier molecular flexibility index (Phi) is 5.29. The number of carbonyl (C=O) groups excluding carboxylic acids is 1. The maximum atomic E-state index is 12.7. The first kappa shape index (κ1) is 16.3. The summed E-state index contributed by atoms with van der Waals surface area (Å²) in [5, 5.41) is 17.8. The number of rotatable bonds is 4. The van der Waals surface area contributed by atoms with Crippen LogP contribution in [0, 0.1) is 7.14 Å². The van der Waals surface area contributed by atoms with E-state index in [-0.39, 0.29) is 5.56 Å². The molecule has 1 aromatic rings. The summed E-state index contributed by atoms with van der Waals surface area (Å²) in [4.78, 5) is 21.6. The first-order valence-corrected chi connectivity index (χ1v) is 6.78. The molecule has 0 heterocycles. The zero-order chi connectivity index (χ0) is 14.8. The van der Waals surface area contributed by atoms with Gasteiger partial charge in [-0.2, -0.15) is 8.78 Å². The van der Waals surface area contributed by atoms with E-state index in [0.717, 1.165) is 0 Å². The molecule has 0 aromatic heterocycles. The molecule has 19 heavy (non-hydrogen) atoms. The van der Waals surface area contributed by atoms with E-state index >= 15 is 0 Å². The van der Waals surface area contributed by atoms with Crippen LogP contribution in [0.2, 0.25) is 0 Å². The van der Waals surface area contributed by atoms with Gasteiger partial charge in [0, 0.05) is 3.57 Å². The van der Waals surface area contributed by atoms with Gasteiger partial charge >= 0.3 is 17.9 Å². The molecule has 1 aromatic carbocycles. The highest BCUT2D eigenvalue weighted by atomic mass is 127. The average molecular weight is 498 g/mol. The predicted molar refractivity (Wildman–Crippen MR) is 76.4 cm³/mol. The lowest BCUT2D eigenvalue weighted by Gasteiger charge is -2.12. The summed E-state index contributed by atoms with van der Waals surface area (Å²) < 4.78 is 30.7. The van der Waals surface area contributed by atoms with Crippen LogP contribution in [0.5, 0.6) is 5.75 Å². The number of aliphatic carboxylic acids is 1. The van der Waals surface area contributed by atoms with Crippen molar-refractivity contribution in [2.45, 2.75) is 5.92 Å². The lowest BCUT2D eigenvalue weighted by Crippen LogP contribution is -2.34. The summed E-state index contributed by atoms with van der Waals surface area (Å²) in [6.45, 7) is -1.59. The van der Waals surface area contributed by atoms with Crippen molar-refractivity contribution in [1.82, 2.24) is 0 Å². The van der Waals surface area contributed by atoms with Gasteiger partial charge in [-0.1, -0.05) is 0 Å². The Morgan fingerprint density at radius 1 is 1.32 bits per heavy atom. The Morgan fingerprint density at radius 3 is 2.42 bits per heavy atom. The van der Waals surface area contributed by atoms with Crippen molar-refractivity contribution >= 4 is 57.1 Å². The fraction of sp³-hybridized carbons (Fsp3) is 0.200. The molecule has 5 nitrogen and oxygen atoms in total. The van der Waals surface area contributed by atoms with Crippen LogP contribution in [0.15, 0.2) is 12.1 Å². The number of aromatic hydroxyl groups is 1. The second-order valence-corrected chi connectivity index (χ2v) is 5.58. The van der Waals surface area contributed by atoms with Crippen molar-refractivity contribution in [2.75, 3.05) is 6.61 Å². The quantitative estimate of drug-likeness (QED) is 0.493. The first-order chi connectivity index (χ1) is 8.66. The first-order valence-electron chi connectivity index (χ1n) is 4.62. The van der Waals surface area contributed by atoms with Crippen LogP contribution in [0.3, 0.4) is 0 Å². The largest absolute Gasteiger partial charge is 0.506 e. The van der Waals surface area contributed by atoms with E-state index in [9.17, 15) is 23.5 Å². The summed E-state index contributed by atoms with van der Waals surface area (Å²) in [6, 6.07) is 2.70. The number of esters is 1. The number of carboxylic acids is 1. The molecular formula is C10H6F2I2O5. The van der Waals surface area contributed by atoms with Crippen molar-refractivity contribution in [3.05, 3.63) is 24.8 Å². The molecular weight excluding hydrogens is 492 g/mol. The number of hydrogen-bond donors (Lipinski definition) is 2. The maximum Gasteiger partial charge on any atom is 0.378 e. The molecule has 1 rings (SSSR count). The molecule has 0 aliphatic rings. The molecule has 0 aliphatic carbocycles. The molecule has 0 saturated heterocycles. The molecule has 2 N–H and O–H groups in total. The Morgan fingerprint density at radius 2 is 1.89 bits per heavy atom. The lowest BCUT2D eigenvalue weighted by molar-refractivity contribution is -0.170. The third-order valence-electron chi connectivity index (χ3n) is 1.99. The third kappa shape index (κ3) is 3.87. The summed E-state index contributed by atoms with van der Waals surface area (Å²) in [6.07, 6.45) is 0. The van der Waals surface area contributed by atoms with E-state index < -0.39 is 30.2 Å². The van der Waals surface area contributed by atoms with E-state index in [1.165, 1.54) is 12.1 Å². The fourth-order valence-electron chi connectivity index (χ4n) is 1.00. The predicted octanol–water partition coefficient (Wildman–Crippen LogP) is 2.48. The number of phenols is 1. The van der Waals surface area contributed by atoms with Crippen LogP contribution in [0.1, 0.15) is 10.4 Å². The van der Waals surface area contributed by atoms with Gasteiger partial charge in [0.1, 0.15) is 11.3 Å². The molecule has 0 atom stereocenters. The second-order valence-electron chi connectivity index (χ2n) is 3.34. The van der Waals surface area contributed by atoms with E-state index in [1.807, 2.05) is 22.6 Å². The Labute approximate surface area is 133 Å². The van der Waals surface area contributed by atoms with Crippen molar-refractivity contribution < 1.29 is 33.3 Å². The molecule has 0 spiro atoms. The normalized spacial score (nSPS) is 11.2. The van der Waals surface area contributed by atoms with E-state index in [2.05, 4.69) is 4.74 Å².